The van der Waals surface area contributed by atoms with E-state index in [2.05, 4.69) is 0 Å². The Kier molecular flexibility index (Phi) is 4.39. The first-order chi connectivity index (χ1) is 6.27. The summed E-state index contributed by atoms with van der Waals surface area (Å²) in [6.45, 7) is 5.34. The maximum Gasteiger partial charge on any atom is 0.164 e. The second kappa shape index (κ2) is 5.35. The number of carbonyl (C=O) groups is 1. The number of hydrogen-bond acceptors (Lipinski definition) is 3. The third kappa shape index (κ3) is 3.08. The van der Waals surface area contributed by atoms with Gasteiger partial charge in [-0.3, -0.25) is 4.79 Å². The Bertz CT molecular complexity index is 158. The molecule has 0 bridgehead atoms. The molecule has 1 heterocycles. The molecule has 0 aromatic rings. The van der Waals surface area contributed by atoms with Crippen LogP contribution in [0.3, 0.4) is 0 Å². The first-order valence-electron chi connectivity index (χ1n) is 5.03. The Labute approximate surface area is 79.4 Å². The second-order valence-electron chi connectivity index (χ2n) is 3.35. The monoisotopic (exact) mass is 186 g/mol. The fourth-order valence-corrected chi connectivity index (χ4v) is 1.60. The lowest BCUT2D eigenvalue weighted by Crippen LogP contribution is -2.20. The maximum atomic E-state index is 11.6. The van der Waals surface area contributed by atoms with Crippen LogP contribution in [0.2, 0.25) is 0 Å². The number of rotatable bonds is 5. The molecule has 0 aromatic carbocycles. The van der Waals surface area contributed by atoms with Gasteiger partial charge >= 0.3 is 0 Å². The van der Waals surface area contributed by atoms with E-state index < -0.39 is 0 Å². The van der Waals surface area contributed by atoms with Crippen LogP contribution < -0.4 is 0 Å². The molecular formula is C10H18O3. The van der Waals surface area contributed by atoms with Crippen LogP contribution in [0.1, 0.15) is 33.1 Å². The van der Waals surface area contributed by atoms with Gasteiger partial charge in [0.2, 0.25) is 0 Å². The van der Waals surface area contributed by atoms with Gasteiger partial charge in [0.1, 0.15) is 5.78 Å². The van der Waals surface area contributed by atoms with E-state index >= 15 is 0 Å². The number of ether oxygens (including phenoxy) is 2. The SMILES string of the molecule is CCC(CC)C(=O)CC1OCCO1. The molecule has 0 spiro atoms. The summed E-state index contributed by atoms with van der Waals surface area (Å²) >= 11 is 0. The summed E-state index contributed by atoms with van der Waals surface area (Å²) in [6, 6.07) is 0. The molecule has 13 heavy (non-hydrogen) atoms. The minimum Gasteiger partial charge on any atom is -0.350 e. The number of hydrogen-bond donors (Lipinski definition) is 0. The smallest absolute Gasteiger partial charge is 0.164 e. The van der Waals surface area contributed by atoms with E-state index in [0.717, 1.165) is 12.8 Å². The van der Waals surface area contributed by atoms with Gasteiger partial charge in [0.15, 0.2) is 6.29 Å². The van der Waals surface area contributed by atoms with Gasteiger partial charge in [-0.25, -0.2) is 0 Å². The lowest BCUT2D eigenvalue weighted by Gasteiger charge is -2.13. The normalized spacial score (nSPS) is 18.4. The van der Waals surface area contributed by atoms with E-state index in [1.54, 1.807) is 0 Å². The van der Waals surface area contributed by atoms with Crippen molar-refractivity contribution >= 4 is 5.78 Å². The molecule has 0 aromatic heterocycles. The third-order valence-electron chi connectivity index (χ3n) is 2.50. The average Bonchev–Trinajstić information content (AvgIpc) is 2.59. The van der Waals surface area contributed by atoms with Crippen molar-refractivity contribution in [2.75, 3.05) is 13.2 Å². The molecule has 0 radical (unpaired) electrons. The van der Waals surface area contributed by atoms with Crippen molar-refractivity contribution in [2.24, 2.45) is 5.92 Å². The van der Waals surface area contributed by atoms with Crippen LogP contribution in [0.15, 0.2) is 0 Å². The molecule has 1 fully saturated rings. The molecule has 0 amide bonds. The van der Waals surface area contributed by atoms with Crippen LogP contribution in [0.25, 0.3) is 0 Å². The van der Waals surface area contributed by atoms with Crippen LogP contribution >= 0.6 is 0 Å². The maximum absolute atomic E-state index is 11.6. The molecule has 0 aliphatic carbocycles. The van der Waals surface area contributed by atoms with E-state index in [0.29, 0.717) is 19.6 Å². The summed E-state index contributed by atoms with van der Waals surface area (Å²) in [5.74, 6) is 0.463. The molecule has 3 nitrogen and oxygen atoms in total. The minimum atomic E-state index is -0.270. The topological polar surface area (TPSA) is 35.5 Å². The quantitative estimate of drug-likeness (QED) is 0.656. The van der Waals surface area contributed by atoms with Crippen molar-refractivity contribution in [3.8, 4) is 0 Å². The molecule has 0 N–H and O–H groups in total. The van der Waals surface area contributed by atoms with E-state index in [4.69, 9.17) is 9.47 Å². The van der Waals surface area contributed by atoms with Gasteiger partial charge in [-0.1, -0.05) is 13.8 Å². The summed E-state index contributed by atoms with van der Waals surface area (Å²) in [7, 11) is 0. The van der Waals surface area contributed by atoms with Crippen molar-refractivity contribution < 1.29 is 14.3 Å². The average molecular weight is 186 g/mol. The predicted octanol–water partition coefficient (Wildman–Crippen LogP) is 1.75. The number of Topliss-reactive ketones (excluding diaryl/α,β-unsaturated/α-hetero) is 1. The Morgan fingerprint density at radius 3 is 2.31 bits per heavy atom. The molecule has 0 saturated carbocycles. The second-order valence-corrected chi connectivity index (χ2v) is 3.35. The highest BCUT2D eigenvalue weighted by molar-refractivity contribution is 5.81. The van der Waals surface area contributed by atoms with Gasteiger partial charge in [-0.15, -0.1) is 0 Å². The Balaban J connectivity index is 2.29. The van der Waals surface area contributed by atoms with Crippen molar-refractivity contribution in [2.45, 2.75) is 39.4 Å². The van der Waals surface area contributed by atoms with Gasteiger partial charge in [0.05, 0.1) is 19.6 Å². The zero-order valence-corrected chi connectivity index (χ0v) is 8.41. The molecule has 3 heteroatoms. The molecular weight excluding hydrogens is 168 g/mol. The van der Waals surface area contributed by atoms with Gasteiger partial charge < -0.3 is 9.47 Å². The summed E-state index contributed by atoms with van der Waals surface area (Å²) in [5, 5.41) is 0. The van der Waals surface area contributed by atoms with Crippen LogP contribution in [-0.4, -0.2) is 25.3 Å². The molecule has 1 saturated heterocycles. The third-order valence-corrected chi connectivity index (χ3v) is 2.50. The fourth-order valence-electron chi connectivity index (χ4n) is 1.60. The van der Waals surface area contributed by atoms with Crippen LogP contribution in [0, 0.1) is 5.92 Å². The van der Waals surface area contributed by atoms with E-state index in [1.807, 2.05) is 13.8 Å². The summed E-state index contributed by atoms with van der Waals surface area (Å²) in [5.41, 5.74) is 0. The zero-order valence-electron chi connectivity index (χ0n) is 8.41. The molecule has 1 aliphatic rings. The van der Waals surface area contributed by atoms with Gasteiger partial charge in [-0.05, 0) is 12.8 Å². The minimum absolute atomic E-state index is 0.188. The Hall–Kier alpha value is -0.410. The van der Waals surface area contributed by atoms with Gasteiger partial charge in [0, 0.05) is 5.92 Å². The lowest BCUT2D eigenvalue weighted by atomic mass is 9.96. The van der Waals surface area contributed by atoms with Crippen molar-refractivity contribution in [3.05, 3.63) is 0 Å². The van der Waals surface area contributed by atoms with E-state index in [-0.39, 0.29) is 18.0 Å². The first-order valence-corrected chi connectivity index (χ1v) is 5.03. The molecule has 1 rings (SSSR count). The highest BCUT2D eigenvalue weighted by atomic mass is 16.7. The van der Waals surface area contributed by atoms with Crippen molar-refractivity contribution in [3.63, 3.8) is 0 Å². The van der Waals surface area contributed by atoms with Crippen LogP contribution in [0.4, 0.5) is 0 Å². The Morgan fingerprint density at radius 2 is 1.85 bits per heavy atom. The highest BCUT2D eigenvalue weighted by Gasteiger charge is 2.23. The van der Waals surface area contributed by atoms with Crippen molar-refractivity contribution in [1.29, 1.82) is 0 Å². The van der Waals surface area contributed by atoms with E-state index in [1.165, 1.54) is 0 Å². The number of ketones is 1. The molecule has 0 unspecified atom stereocenters. The predicted molar refractivity (Wildman–Crippen MR) is 49.4 cm³/mol. The highest BCUT2D eigenvalue weighted by Crippen LogP contribution is 2.16. The summed E-state index contributed by atoms with van der Waals surface area (Å²) in [4.78, 5) is 11.6. The molecule has 76 valence electrons. The Morgan fingerprint density at radius 1 is 1.31 bits per heavy atom. The van der Waals surface area contributed by atoms with E-state index in [9.17, 15) is 4.79 Å². The fraction of sp³-hybridized carbons (Fsp3) is 0.900. The molecule has 0 atom stereocenters. The standard InChI is InChI=1S/C10H18O3/c1-3-8(4-2)9(11)7-10-12-5-6-13-10/h8,10H,3-7H2,1-2H3. The summed E-state index contributed by atoms with van der Waals surface area (Å²) in [6.07, 6.45) is 1.99. The summed E-state index contributed by atoms with van der Waals surface area (Å²) < 4.78 is 10.4. The first kappa shape index (κ1) is 10.7. The van der Waals surface area contributed by atoms with Gasteiger partial charge in [0.25, 0.3) is 0 Å². The lowest BCUT2D eigenvalue weighted by molar-refractivity contribution is -0.131. The van der Waals surface area contributed by atoms with Crippen LogP contribution in [-0.2, 0) is 14.3 Å². The largest absolute Gasteiger partial charge is 0.350 e. The van der Waals surface area contributed by atoms with Crippen LogP contribution in [0.5, 0.6) is 0 Å². The number of carbonyl (C=O) groups excluding carboxylic acids is 1. The zero-order chi connectivity index (χ0) is 9.68. The van der Waals surface area contributed by atoms with Gasteiger partial charge in [-0.2, -0.15) is 0 Å². The molecule has 1 aliphatic heterocycles. The van der Waals surface area contributed by atoms with Crippen molar-refractivity contribution in [1.82, 2.24) is 0 Å².